The number of hydrogen-bond donors (Lipinski definition) is 0. The van der Waals surface area contributed by atoms with Crippen LogP contribution in [0.15, 0.2) is 36.4 Å². The minimum Gasteiger partial charge on any atom is -0.378 e. The number of nitrogens with zero attached hydrogens (tertiary/aromatic N) is 1. The van der Waals surface area contributed by atoms with Crippen molar-refractivity contribution in [2.75, 3.05) is 19.0 Å². The summed E-state index contributed by atoms with van der Waals surface area (Å²) in [6, 6.07) is 8.81. The van der Waals surface area contributed by atoms with Gasteiger partial charge < -0.3 is 9.64 Å². The Kier molecular flexibility index (Phi) is 3.61. The van der Waals surface area contributed by atoms with Crippen LogP contribution in [0.3, 0.4) is 0 Å². The van der Waals surface area contributed by atoms with Gasteiger partial charge in [-0.15, -0.1) is 0 Å². The molecule has 2 aliphatic rings. The number of rotatable bonds is 2. The highest BCUT2D eigenvalue weighted by molar-refractivity contribution is 5.46. The first-order valence-corrected chi connectivity index (χ1v) is 8.01. The minimum absolute atomic E-state index is 0.0257. The van der Waals surface area contributed by atoms with Gasteiger partial charge >= 0.3 is 0 Å². The third-order valence-corrected chi connectivity index (χ3v) is 5.39. The third-order valence-electron chi connectivity index (χ3n) is 5.39. The molecule has 1 heterocycles. The van der Waals surface area contributed by atoms with Crippen LogP contribution in [0.25, 0.3) is 0 Å². The van der Waals surface area contributed by atoms with Gasteiger partial charge in [0.05, 0.1) is 11.7 Å². The Hall–Kier alpha value is -1.28. The molecule has 2 nitrogen and oxygen atoms in total. The standard InChI is InChI=1S/C19H27NO/c1-13-6-9-15-12-17(13)18(21-19(15,2)3)14-7-10-16(11-8-14)20(4)5/h7-8,10-11,15,17-18H,1,6,9,12H2,2-5H3/t15-,17-,18-/m1/s1. The minimum atomic E-state index is -0.0257. The number of fused-ring (bicyclic) bond motifs is 2. The first-order chi connectivity index (χ1) is 9.88. The Morgan fingerprint density at radius 2 is 1.86 bits per heavy atom. The van der Waals surface area contributed by atoms with Crippen LogP contribution in [0.1, 0.15) is 44.8 Å². The van der Waals surface area contributed by atoms with Crippen LogP contribution in [-0.4, -0.2) is 19.7 Å². The van der Waals surface area contributed by atoms with Crippen molar-refractivity contribution in [3.63, 3.8) is 0 Å². The summed E-state index contributed by atoms with van der Waals surface area (Å²) in [6.45, 7) is 8.82. The summed E-state index contributed by atoms with van der Waals surface area (Å²) in [6.07, 6.45) is 3.79. The fourth-order valence-corrected chi connectivity index (χ4v) is 3.87. The summed E-state index contributed by atoms with van der Waals surface area (Å²) in [4.78, 5) is 2.13. The molecule has 1 aliphatic carbocycles. The average molecular weight is 285 g/mol. The molecule has 0 N–H and O–H groups in total. The molecule has 2 heteroatoms. The van der Waals surface area contributed by atoms with Crippen LogP contribution in [0.5, 0.6) is 0 Å². The second-order valence-corrected chi connectivity index (χ2v) is 7.36. The predicted molar refractivity (Wildman–Crippen MR) is 88.6 cm³/mol. The molecule has 1 aromatic rings. The summed E-state index contributed by atoms with van der Waals surface area (Å²) in [5.41, 5.74) is 3.88. The summed E-state index contributed by atoms with van der Waals surface area (Å²) < 4.78 is 6.52. The number of anilines is 1. The van der Waals surface area contributed by atoms with E-state index in [1.807, 2.05) is 0 Å². The maximum atomic E-state index is 6.52. The van der Waals surface area contributed by atoms with Gasteiger partial charge in [-0.2, -0.15) is 0 Å². The van der Waals surface area contributed by atoms with Crippen molar-refractivity contribution in [2.45, 2.75) is 44.8 Å². The van der Waals surface area contributed by atoms with E-state index in [0.717, 1.165) is 6.42 Å². The zero-order valence-corrected chi connectivity index (χ0v) is 13.7. The van der Waals surface area contributed by atoms with Crippen LogP contribution in [0, 0.1) is 11.8 Å². The summed E-state index contributed by atoms with van der Waals surface area (Å²) in [5, 5.41) is 0. The zero-order chi connectivity index (χ0) is 15.2. The van der Waals surface area contributed by atoms with Crippen molar-refractivity contribution in [2.24, 2.45) is 11.8 Å². The molecule has 0 amide bonds. The molecular weight excluding hydrogens is 258 g/mol. The monoisotopic (exact) mass is 285 g/mol. The van der Waals surface area contributed by atoms with E-state index < -0.39 is 0 Å². The largest absolute Gasteiger partial charge is 0.378 e. The molecule has 1 aliphatic heterocycles. The molecule has 2 fully saturated rings. The molecule has 2 bridgehead atoms. The van der Waals surface area contributed by atoms with E-state index in [4.69, 9.17) is 4.74 Å². The van der Waals surface area contributed by atoms with E-state index >= 15 is 0 Å². The van der Waals surface area contributed by atoms with Gasteiger partial charge in [-0.1, -0.05) is 24.3 Å². The Balaban J connectivity index is 1.90. The Morgan fingerprint density at radius 1 is 1.19 bits per heavy atom. The topological polar surface area (TPSA) is 12.5 Å². The molecule has 114 valence electrons. The third kappa shape index (κ3) is 2.62. The molecule has 1 saturated carbocycles. The molecule has 0 radical (unpaired) electrons. The summed E-state index contributed by atoms with van der Waals surface area (Å²) in [7, 11) is 4.14. The molecule has 3 rings (SSSR count). The quantitative estimate of drug-likeness (QED) is 0.738. The smallest absolute Gasteiger partial charge is 0.0897 e. The lowest BCUT2D eigenvalue weighted by Crippen LogP contribution is -2.46. The van der Waals surface area contributed by atoms with Gasteiger partial charge in [-0.05, 0) is 56.7 Å². The van der Waals surface area contributed by atoms with Crippen molar-refractivity contribution in [1.29, 1.82) is 0 Å². The molecule has 0 unspecified atom stereocenters. The van der Waals surface area contributed by atoms with E-state index in [9.17, 15) is 0 Å². The molecule has 21 heavy (non-hydrogen) atoms. The van der Waals surface area contributed by atoms with Crippen molar-refractivity contribution in [3.05, 3.63) is 42.0 Å². The second kappa shape index (κ2) is 5.17. The SMILES string of the molecule is C=C1CC[C@@H]2C[C@H]1[C@@H](c1ccc(N(C)C)cc1)OC2(C)C. The Bertz CT molecular complexity index is 529. The van der Waals surface area contributed by atoms with Crippen LogP contribution in [-0.2, 0) is 4.74 Å². The fraction of sp³-hybridized carbons (Fsp3) is 0.579. The highest BCUT2D eigenvalue weighted by Gasteiger charge is 2.46. The van der Waals surface area contributed by atoms with Gasteiger partial charge in [-0.3, -0.25) is 0 Å². The van der Waals surface area contributed by atoms with Crippen molar-refractivity contribution in [3.8, 4) is 0 Å². The van der Waals surface area contributed by atoms with Crippen molar-refractivity contribution in [1.82, 2.24) is 0 Å². The highest BCUT2D eigenvalue weighted by Crippen LogP contribution is 2.52. The highest BCUT2D eigenvalue weighted by atomic mass is 16.5. The van der Waals surface area contributed by atoms with Crippen LogP contribution >= 0.6 is 0 Å². The van der Waals surface area contributed by atoms with Gasteiger partial charge in [0.15, 0.2) is 0 Å². The average Bonchev–Trinajstić information content (AvgIpc) is 2.45. The van der Waals surface area contributed by atoms with Crippen molar-refractivity contribution < 1.29 is 4.74 Å². The van der Waals surface area contributed by atoms with E-state index in [-0.39, 0.29) is 11.7 Å². The van der Waals surface area contributed by atoms with Gasteiger partial charge in [0, 0.05) is 25.7 Å². The summed E-state index contributed by atoms with van der Waals surface area (Å²) in [5.74, 6) is 1.16. The zero-order valence-electron chi connectivity index (χ0n) is 13.7. The number of benzene rings is 1. The van der Waals surface area contributed by atoms with Gasteiger partial charge in [0.2, 0.25) is 0 Å². The first kappa shape index (κ1) is 14.6. The first-order valence-electron chi connectivity index (χ1n) is 8.01. The fourth-order valence-electron chi connectivity index (χ4n) is 3.87. The van der Waals surface area contributed by atoms with Gasteiger partial charge in [-0.25, -0.2) is 0 Å². The van der Waals surface area contributed by atoms with E-state index in [2.05, 4.69) is 63.7 Å². The lowest BCUT2D eigenvalue weighted by atomic mass is 9.67. The Morgan fingerprint density at radius 3 is 2.48 bits per heavy atom. The van der Waals surface area contributed by atoms with Gasteiger partial charge in [0.1, 0.15) is 0 Å². The maximum absolute atomic E-state index is 6.52. The number of hydrogen-bond acceptors (Lipinski definition) is 2. The molecule has 0 spiro atoms. The van der Waals surface area contributed by atoms with Crippen LogP contribution in [0.2, 0.25) is 0 Å². The van der Waals surface area contributed by atoms with Crippen molar-refractivity contribution >= 4 is 5.69 Å². The summed E-state index contributed by atoms with van der Waals surface area (Å²) >= 11 is 0. The maximum Gasteiger partial charge on any atom is 0.0897 e. The second-order valence-electron chi connectivity index (χ2n) is 7.36. The molecule has 1 saturated heterocycles. The number of ether oxygens (including phenoxy) is 1. The van der Waals surface area contributed by atoms with E-state index in [1.165, 1.54) is 29.7 Å². The van der Waals surface area contributed by atoms with Gasteiger partial charge in [0.25, 0.3) is 0 Å². The van der Waals surface area contributed by atoms with Crippen LogP contribution < -0.4 is 4.90 Å². The molecular formula is C19H27NO. The van der Waals surface area contributed by atoms with Crippen LogP contribution in [0.4, 0.5) is 5.69 Å². The lowest BCUT2D eigenvalue weighted by molar-refractivity contribution is -0.173. The molecule has 0 aromatic heterocycles. The Labute approximate surface area is 128 Å². The van der Waals surface area contributed by atoms with E-state index in [0.29, 0.717) is 11.8 Å². The normalized spacial score (nSPS) is 31.0. The predicted octanol–water partition coefficient (Wildman–Crippen LogP) is 4.58. The van der Waals surface area contributed by atoms with E-state index in [1.54, 1.807) is 0 Å². The molecule has 1 aromatic carbocycles. The lowest BCUT2D eigenvalue weighted by Gasteiger charge is -2.50. The molecule has 3 atom stereocenters.